The molecule has 21 heavy (non-hydrogen) atoms. The zero-order valence-corrected chi connectivity index (χ0v) is 12.4. The van der Waals surface area contributed by atoms with Gasteiger partial charge in [0.1, 0.15) is 5.75 Å². The first-order valence-corrected chi connectivity index (χ1v) is 7.12. The molecule has 3 aromatic carbocycles. The molecule has 0 radical (unpaired) electrons. The summed E-state index contributed by atoms with van der Waals surface area (Å²) in [6.45, 7) is 2.88. The van der Waals surface area contributed by atoms with E-state index in [1.807, 2.05) is 6.07 Å². The zero-order valence-electron chi connectivity index (χ0n) is 12.4. The van der Waals surface area contributed by atoms with Crippen molar-refractivity contribution in [3.63, 3.8) is 0 Å². The van der Waals surface area contributed by atoms with Crippen LogP contribution in [0.5, 0.6) is 5.75 Å². The van der Waals surface area contributed by atoms with Crippen molar-refractivity contribution in [2.24, 2.45) is 0 Å². The molecule has 2 heteroatoms. The number of methoxy groups -OCH3 is 1. The minimum atomic E-state index is 0.809. The van der Waals surface area contributed by atoms with Gasteiger partial charge in [-0.05, 0) is 47.0 Å². The molecule has 1 N–H and O–H groups in total. The fourth-order valence-electron chi connectivity index (χ4n) is 2.55. The number of hydrogen-bond acceptors (Lipinski definition) is 2. The van der Waals surface area contributed by atoms with Crippen LogP contribution in [0.4, 0.5) is 5.69 Å². The largest absolute Gasteiger partial charge is 0.496 e. The third-order valence-electron chi connectivity index (χ3n) is 3.71. The molecule has 0 atom stereocenters. The second-order valence-electron chi connectivity index (χ2n) is 5.22. The maximum absolute atomic E-state index is 5.29. The van der Waals surface area contributed by atoms with Crippen LogP contribution in [0.1, 0.15) is 11.1 Å². The summed E-state index contributed by atoms with van der Waals surface area (Å²) >= 11 is 0. The Hall–Kier alpha value is -2.48. The molecule has 0 amide bonds. The van der Waals surface area contributed by atoms with E-state index in [1.54, 1.807) is 7.11 Å². The summed E-state index contributed by atoms with van der Waals surface area (Å²) in [7, 11) is 1.70. The average molecular weight is 277 g/mol. The Labute approximate surface area is 125 Å². The number of nitrogens with one attached hydrogen (secondary N) is 1. The Kier molecular flexibility index (Phi) is 3.78. The van der Waals surface area contributed by atoms with Crippen molar-refractivity contribution in [2.75, 3.05) is 12.4 Å². The molecular formula is C19H19NO. The number of hydrogen-bond donors (Lipinski definition) is 1. The molecule has 0 saturated carbocycles. The molecule has 2 nitrogen and oxygen atoms in total. The van der Waals surface area contributed by atoms with Gasteiger partial charge in [-0.2, -0.15) is 0 Å². The molecular weight excluding hydrogens is 258 g/mol. The van der Waals surface area contributed by atoms with Crippen molar-refractivity contribution in [1.29, 1.82) is 0 Å². The zero-order chi connectivity index (χ0) is 14.7. The minimum absolute atomic E-state index is 0.809. The van der Waals surface area contributed by atoms with Crippen LogP contribution in [0.3, 0.4) is 0 Å². The lowest BCUT2D eigenvalue weighted by atomic mass is 10.1. The van der Waals surface area contributed by atoms with Crippen molar-refractivity contribution in [1.82, 2.24) is 0 Å². The van der Waals surface area contributed by atoms with Crippen LogP contribution in [-0.2, 0) is 6.54 Å². The molecule has 0 heterocycles. The highest BCUT2D eigenvalue weighted by atomic mass is 16.5. The standard InChI is InChI=1S/C19H19NO/c1-14-11-15(7-10-19(14)21-2)13-20-18-9-8-16-5-3-4-6-17(16)12-18/h3-12,20H,13H2,1-2H3. The summed E-state index contributed by atoms with van der Waals surface area (Å²) < 4.78 is 5.29. The first-order valence-electron chi connectivity index (χ1n) is 7.12. The van der Waals surface area contributed by atoms with Gasteiger partial charge in [-0.3, -0.25) is 0 Å². The van der Waals surface area contributed by atoms with Crippen molar-refractivity contribution < 1.29 is 4.74 Å². The van der Waals surface area contributed by atoms with Crippen molar-refractivity contribution in [2.45, 2.75) is 13.5 Å². The summed E-state index contributed by atoms with van der Waals surface area (Å²) in [5, 5.41) is 6.00. The second kappa shape index (κ2) is 5.88. The Balaban J connectivity index is 1.75. The summed E-state index contributed by atoms with van der Waals surface area (Å²) in [5.74, 6) is 0.935. The quantitative estimate of drug-likeness (QED) is 0.741. The molecule has 3 aromatic rings. The summed E-state index contributed by atoms with van der Waals surface area (Å²) in [6.07, 6.45) is 0. The average Bonchev–Trinajstić information content (AvgIpc) is 2.53. The second-order valence-corrected chi connectivity index (χ2v) is 5.22. The molecule has 0 aliphatic heterocycles. The number of benzene rings is 3. The van der Waals surface area contributed by atoms with E-state index in [2.05, 4.69) is 66.8 Å². The Morgan fingerprint density at radius 2 is 1.71 bits per heavy atom. The lowest BCUT2D eigenvalue weighted by molar-refractivity contribution is 0.411. The maximum Gasteiger partial charge on any atom is 0.121 e. The van der Waals surface area contributed by atoms with Gasteiger partial charge in [0.05, 0.1) is 7.11 Å². The first kappa shape index (κ1) is 13.5. The van der Waals surface area contributed by atoms with Gasteiger partial charge in [0.25, 0.3) is 0 Å². The van der Waals surface area contributed by atoms with E-state index in [0.29, 0.717) is 0 Å². The smallest absolute Gasteiger partial charge is 0.121 e. The molecule has 0 fully saturated rings. The molecule has 3 rings (SSSR count). The summed E-state index contributed by atoms with van der Waals surface area (Å²) in [6, 6.07) is 21.1. The Morgan fingerprint density at radius 1 is 0.905 bits per heavy atom. The molecule has 0 aliphatic carbocycles. The maximum atomic E-state index is 5.29. The van der Waals surface area contributed by atoms with Gasteiger partial charge in [-0.25, -0.2) is 0 Å². The topological polar surface area (TPSA) is 21.3 Å². The van der Waals surface area contributed by atoms with Crippen molar-refractivity contribution in [3.05, 3.63) is 71.8 Å². The van der Waals surface area contributed by atoms with E-state index >= 15 is 0 Å². The number of fused-ring (bicyclic) bond motifs is 1. The van der Waals surface area contributed by atoms with Crippen LogP contribution in [0, 0.1) is 6.92 Å². The number of aryl methyl sites for hydroxylation is 1. The molecule has 0 aliphatic rings. The Bertz CT molecular complexity index is 764. The van der Waals surface area contributed by atoms with Gasteiger partial charge in [-0.1, -0.05) is 42.5 Å². The third-order valence-corrected chi connectivity index (χ3v) is 3.71. The number of anilines is 1. The van der Waals surface area contributed by atoms with Gasteiger partial charge in [0, 0.05) is 12.2 Å². The van der Waals surface area contributed by atoms with Gasteiger partial charge in [0.15, 0.2) is 0 Å². The molecule has 0 saturated heterocycles. The molecule has 106 valence electrons. The van der Waals surface area contributed by atoms with Gasteiger partial charge in [-0.15, -0.1) is 0 Å². The van der Waals surface area contributed by atoms with E-state index in [9.17, 15) is 0 Å². The predicted molar refractivity (Wildman–Crippen MR) is 89.0 cm³/mol. The normalized spacial score (nSPS) is 10.6. The fourth-order valence-corrected chi connectivity index (χ4v) is 2.55. The van der Waals surface area contributed by atoms with Crippen LogP contribution >= 0.6 is 0 Å². The van der Waals surface area contributed by atoms with Crippen LogP contribution in [-0.4, -0.2) is 7.11 Å². The van der Waals surface area contributed by atoms with E-state index in [0.717, 1.165) is 23.5 Å². The van der Waals surface area contributed by atoms with Crippen LogP contribution in [0.2, 0.25) is 0 Å². The van der Waals surface area contributed by atoms with Crippen LogP contribution in [0.25, 0.3) is 10.8 Å². The highest BCUT2D eigenvalue weighted by Gasteiger charge is 2.01. The van der Waals surface area contributed by atoms with Gasteiger partial charge >= 0.3 is 0 Å². The van der Waals surface area contributed by atoms with Crippen molar-refractivity contribution in [3.8, 4) is 5.75 Å². The van der Waals surface area contributed by atoms with Crippen molar-refractivity contribution >= 4 is 16.5 Å². The van der Waals surface area contributed by atoms with Gasteiger partial charge < -0.3 is 10.1 Å². The molecule has 0 bridgehead atoms. The lowest BCUT2D eigenvalue weighted by Gasteiger charge is -2.10. The van der Waals surface area contributed by atoms with Crippen LogP contribution in [0.15, 0.2) is 60.7 Å². The monoisotopic (exact) mass is 277 g/mol. The van der Waals surface area contributed by atoms with E-state index in [-0.39, 0.29) is 0 Å². The minimum Gasteiger partial charge on any atom is -0.496 e. The molecule has 0 spiro atoms. The highest BCUT2D eigenvalue weighted by molar-refractivity contribution is 5.85. The fraction of sp³-hybridized carbons (Fsp3) is 0.158. The summed E-state index contributed by atoms with van der Waals surface area (Å²) in [4.78, 5) is 0. The lowest BCUT2D eigenvalue weighted by Crippen LogP contribution is -2.00. The molecule has 0 unspecified atom stereocenters. The SMILES string of the molecule is COc1ccc(CNc2ccc3ccccc3c2)cc1C. The molecule has 0 aromatic heterocycles. The Morgan fingerprint density at radius 3 is 2.48 bits per heavy atom. The first-order chi connectivity index (χ1) is 10.3. The van der Waals surface area contributed by atoms with E-state index in [1.165, 1.54) is 16.3 Å². The third kappa shape index (κ3) is 3.00. The van der Waals surface area contributed by atoms with E-state index in [4.69, 9.17) is 4.74 Å². The number of rotatable bonds is 4. The number of ether oxygens (including phenoxy) is 1. The highest BCUT2D eigenvalue weighted by Crippen LogP contribution is 2.21. The predicted octanol–water partition coefficient (Wildman–Crippen LogP) is 4.77. The van der Waals surface area contributed by atoms with E-state index < -0.39 is 0 Å². The van der Waals surface area contributed by atoms with Crippen LogP contribution < -0.4 is 10.1 Å². The summed E-state index contributed by atoms with van der Waals surface area (Å²) in [5.41, 5.74) is 3.55. The van der Waals surface area contributed by atoms with Gasteiger partial charge in [0.2, 0.25) is 0 Å².